The Balaban J connectivity index is 1.83. The van der Waals surface area contributed by atoms with E-state index in [0.717, 1.165) is 5.56 Å². The van der Waals surface area contributed by atoms with E-state index in [1.807, 2.05) is 30.3 Å². The number of halogens is 1. The highest BCUT2D eigenvalue weighted by atomic mass is 79.9. The van der Waals surface area contributed by atoms with Gasteiger partial charge in [-0.3, -0.25) is 0 Å². The van der Waals surface area contributed by atoms with Gasteiger partial charge in [0.05, 0.1) is 13.2 Å². The lowest BCUT2D eigenvalue weighted by atomic mass is 10.2. The van der Waals surface area contributed by atoms with E-state index in [-0.39, 0.29) is 0 Å². The van der Waals surface area contributed by atoms with Gasteiger partial charge in [-0.25, -0.2) is 8.42 Å². The topological polar surface area (TPSA) is 58.6 Å². The number of hydrogen-bond acceptors (Lipinski definition) is 4. The Kier molecular flexibility index (Phi) is 5.98. The number of nitrogens with zero attached hydrogens (tertiary/aromatic N) is 1. The van der Waals surface area contributed by atoms with E-state index in [2.05, 4.69) is 21.2 Å². The van der Waals surface area contributed by atoms with Crippen LogP contribution in [0.5, 0.6) is 0 Å². The molecule has 0 bridgehead atoms. The SMILES string of the molecule is O=S(=O)(C(Br)CNCc1ccccc1)N1CCOCC1. The Hall–Kier alpha value is -0.470. The summed E-state index contributed by atoms with van der Waals surface area (Å²) in [5, 5.41) is 3.16. The van der Waals surface area contributed by atoms with Crippen molar-refractivity contribution >= 4 is 26.0 Å². The molecule has 0 spiro atoms. The Morgan fingerprint density at radius 2 is 1.90 bits per heavy atom. The maximum absolute atomic E-state index is 12.3. The molecule has 0 amide bonds. The fourth-order valence-electron chi connectivity index (χ4n) is 1.99. The van der Waals surface area contributed by atoms with Crippen molar-refractivity contribution in [1.82, 2.24) is 9.62 Å². The average Bonchev–Trinajstić information content (AvgIpc) is 2.49. The molecule has 2 rings (SSSR count). The lowest BCUT2D eigenvalue weighted by molar-refractivity contribution is 0.0729. The van der Waals surface area contributed by atoms with Crippen LogP contribution < -0.4 is 5.32 Å². The molecular formula is C13H19BrN2O3S. The number of ether oxygens (including phenoxy) is 1. The molecular weight excluding hydrogens is 344 g/mol. The van der Waals surface area contributed by atoms with Crippen LogP contribution in [-0.4, -0.2) is 49.7 Å². The summed E-state index contributed by atoms with van der Waals surface area (Å²) in [4.78, 5) is 0. The average molecular weight is 363 g/mol. The lowest BCUT2D eigenvalue weighted by Crippen LogP contribution is -2.46. The van der Waals surface area contributed by atoms with Crippen LogP contribution in [0.25, 0.3) is 0 Å². The van der Waals surface area contributed by atoms with Gasteiger partial charge in [-0.2, -0.15) is 4.31 Å². The van der Waals surface area contributed by atoms with Crippen LogP contribution in [0.2, 0.25) is 0 Å². The molecule has 7 heteroatoms. The quantitative estimate of drug-likeness (QED) is 0.771. The third kappa shape index (κ3) is 4.26. The van der Waals surface area contributed by atoms with Crippen molar-refractivity contribution in [3.8, 4) is 0 Å². The third-order valence-corrected chi connectivity index (χ3v) is 6.77. The second kappa shape index (κ2) is 7.51. The van der Waals surface area contributed by atoms with Crippen molar-refractivity contribution in [3.05, 3.63) is 35.9 Å². The molecule has 1 unspecified atom stereocenters. The number of sulfonamides is 1. The van der Waals surface area contributed by atoms with Gasteiger partial charge in [0.1, 0.15) is 4.16 Å². The maximum Gasteiger partial charge on any atom is 0.228 e. The standard InChI is InChI=1S/C13H19BrN2O3S/c14-13(11-15-10-12-4-2-1-3-5-12)20(17,18)16-6-8-19-9-7-16/h1-5,13,15H,6-11H2. The monoisotopic (exact) mass is 362 g/mol. The van der Waals surface area contributed by atoms with E-state index in [1.165, 1.54) is 4.31 Å². The van der Waals surface area contributed by atoms with Gasteiger partial charge in [-0.05, 0) is 5.56 Å². The summed E-state index contributed by atoms with van der Waals surface area (Å²) in [5.74, 6) is 0. The second-order valence-electron chi connectivity index (χ2n) is 4.58. The maximum atomic E-state index is 12.3. The minimum atomic E-state index is -3.31. The van der Waals surface area contributed by atoms with Crippen molar-refractivity contribution in [2.45, 2.75) is 10.7 Å². The predicted molar refractivity (Wildman–Crippen MR) is 82.2 cm³/mol. The fourth-order valence-corrected chi connectivity index (χ4v) is 4.24. The van der Waals surface area contributed by atoms with Gasteiger partial charge in [0.2, 0.25) is 10.0 Å². The summed E-state index contributed by atoms with van der Waals surface area (Å²) in [6.07, 6.45) is 0. The summed E-state index contributed by atoms with van der Waals surface area (Å²) < 4.78 is 30.7. The fraction of sp³-hybridized carbons (Fsp3) is 0.538. The van der Waals surface area contributed by atoms with Gasteiger partial charge in [-0.15, -0.1) is 0 Å². The normalized spacial score (nSPS) is 18.9. The Morgan fingerprint density at radius 1 is 1.25 bits per heavy atom. The number of benzene rings is 1. The van der Waals surface area contributed by atoms with E-state index in [9.17, 15) is 8.42 Å². The lowest BCUT2D eigenvalue weighted by Gasteiger charge is -2.28. The number of hydrogen-bond donors (Lipinski definition) is 1. The molecule has 1 atom stereocenters. The van der Waals surface area contributed by atoms with E-state index in [1.54, 1.807) is 0 Å². The molecule has 0 saturated carbocycles. The molecule has 0 aromatic heterocycles. The highest BCUT2D eigenvalue weighted by molar-refractivity contribution is 9.11. The number of rotatable bonds is 6. The molecule has 20 heavy (non-hydrogen) atoms. The Bertz CT molecular complexity index is 504. The minimum Gasteiger partial charge on any atom is -0.379 e. The summed E-state index contributed by atoms with van der Waals surface area (Å²) in [6.45, 7) is 2.83. The van der Waals surface area contributed by atoms with Gasteiger partial charge in [0, 0.05) is 26.2 Å². The first-order valence-corrected chi connectivity index (χ1v) is 8.98. The molecule has 1 aliphatic heterocycles. The molecule has 5 nitrogen and oxygen atoms in total. The van der Waals surface area contributed by atoms with E-state index >= 15 is 0 Å². The molecule has 1 N–H and O–H groups in total. The van der Waals surface area contributed by atoms with Crippen molar-refractivity contribution in [3.63, 3.8) is 0 Å². The molecule has 1 aromatic rings. The summed E-state index contributed by atoms with van der Waals surface area (Å²) in [7, 11) is -3.31. The minimum absolute atomic E-state index is 0.370. The first kappa shape index (κ1) is 15.9. The first-order valence-electron chi connectivity index (χ1n) is 6.56. The van der Waals surface area contributed by atoms with Gasteiger partial charge in [-0.1, -0.05) is 46.3 Å². The molecule has 1 fully saturated rings. The Labute approximate surface area is 128 Å². The zero-order valence-electron chi connectivity index (χ0n) is 11.2. The molecule has 112 valence electrons. The highest BCUT2D eigenvalue weighted by Gasteiger charge is 2.30. The van der Waals surface area contributed by atoms with E-state index in [4.69, 9.17) is 4.74 Å². The van der Waals surface area contributed by atoms with Gasteiger partial charge >= 0.3 is 0 Å². The number of alkyl halides is 1. The zero-order chi connectivity index (χ0) is 14.4. The van der Waals surface area contributed by atoms with Crippen molar-refractivity contribution in [2.75, 3.05) is 32.8 Å². The largest absolute Gasteiger partial charge is 0.379 e. The summed E-state index contributed by atoms with van der Waals surface area (Å²) in [5.41, 5.74) is 1.14. The van der Waals surface area contributed by atoms with Crippen LogP contribution in [0, 0.1) is 0 Å². The zero-order valence-corrected chi connectivity index (χ0v) is 13.6. The first-order chi connectivity index (χ1) is 9.60. The molecule has 1 aromatic carbocycles. The molecule has 1 heterocycles. The van der Waals surface area contributed by atoms with Gasteiger partial charge in [0.15, 0.2) is 0 Å². The molecule has 1 aliphatic rings. The van der Waals surface area contributed by atoms with Crippen LogP contribution in [-0.2, 0) is 21.3 Å². The molecule has 0 radical (unpaired) electrons. The van der Waals surface area contributed by atoms with E-state index in [0.29, 0.717) is 39.4 Å². The van der Waals surface area contributed by atoms with Crippen LogP contribution in [0.1, 0.15) is 5.56 Å². The van der Waals surface area contributed by atoms with E-state index < -0.39 is 14.2 Å². The molecule has 1 saturated heterocycles. The summed E-state index contributed by atoms with van der Waals surface area (Å²) in [6, 6.07) is 9.90. The van der Waals surface area contributed by atoms with Crippen LogP contribution >= 0.6 is 15.9 Å². The smallest absolute Gasteiger partial charge is 0.228 e. The van der Waals surface area contributed by atoms with Crippen LogP contribution in [0.4, 0.5) is 0 Å². The van der Waals surface area contributed by atoms with Gasteiger partial charge in [0.25, 0.3) is 0 Å². The second-order valence-corrected chi connectivity index (χ2v) is 8.41. The van der Waals surface area contributed by atoms with Gasteiger partial charge < -0.3 is 10.1 Å². The van der Waals surface area contributed by atoms with Crippen molar-refractivity contribution in [1.29, 1.82) is 0 Å². The number of morpholine rings is 1. The van der Waals surface area contributed by atoms with Crippen molar-refractivity contribution in [2.24, 2.45) is 0 Å². The van der Waals surface area contributed by atoms with Crippen molar-refractivity contribution < 1.29 is 13.2 Å². The predicted octanol–water partition coefficient (Wildman–Crippen LogP) is 1.16. The summed E-state index contributed by atoms with van der Waals surface area (Å²) >= 11 is 3.28. The Morgan fingerprint density at radius 3 is 2.55 bits per heavy atom. The van der Waals surface area contributed by atoms with Crippen LogP contribution in [0.3, 0.4) is 0 Å². The highest BCUT2D eigenvalue weighted by Crippen LogP contribution is 2.16. The molecule has 0 aliphatic carbocycles. The van der Waals surface area contributed by atoms with Crippen LogP contribution in [0.15, 0.2) is 30.3 Å². The third-order valence-electron chi connectivity index (χ3n) is 3.13. The number of nitrogens with one attached hydrogen (secondary N) is 1.